The average Bonchev–Trinajstić information content (AvgIpc) is 2.99. The monoisotopic (exact) mass is 273 g/mol. The van der Waals surface area contributed by atoms with Gasteiger partial charge in [0.1, 0.15) is 0 Å². The van der Waals surface area contributed by atoms with E-state index in [1.54, 1.807) is 11.8 Å². The van der Waals surface area contributed by atoms with E-state index in [1.807, 2.05) is 30.5 Å². The summed E-state index contributed by atoms with van der Waals surface area (Å²) in [5.41, 5.74) is 1.39. The van der Waals surface area contributed by atoms with E-state index in [1.165, 1.54) is 0 Å². The molecular weight excluding hydrogens is 254 g/mol. The van der Waals surface area contributed by atoms with Crippen LogP contribution in [0.5, 0.6) is 0 Å². The van der Waals surface area contributed by atoms with Crippen molar-refractivity contribution in [2.24, 2.45) is 0 Å². The molecule has 106 valence electrons. The largest absolute Gasteiger partial charge is 0.388 e. The summed E-state index contributed by atoms with van der Waals surface area (Å²) in [6.07, 6.45) is 2.55. The Morgan fingerprint density at radius 2 is 2.30 bits per heavy atom. The highest BCUT2D eigenvalue weighted by Crippen LogP contribution is 2.21. The highest BCUT2D eigenvalue weighted by Gasteiger charge is 2.33. The molecule has 1 aromatic heterocycles. The Hall–Kier alpha value is -2.01. The van der Waals surface area contributed by atoms with Gasteiger partial charge in [-0.25, -0.2) is 4.79 Å². The van der Waals surface area contributed by atoms with E-state index < -0.39 is 5.60 Å². The SMILES string of the molecule is CC1(O)CCN(C(=O)NCc2c[nH]c3ccccc23)C1. The van der Waals surface area contributed by atoms with Gasteiger partial charge >= 0.3 is 6.03 Å². The number of fused-ring (bicyclic) bond motifs is 1. The third-order valence-electron chi connectivity index (χ3n) is 3.84. The number of aliphatic hydroxyl groups is 1. The minimum Gasteiger partial charge on any atom is -0.388 e. The first-order valence-corrected chi connectivity index (χ1v) is 6.85. The van der Waals surface area contributed by atoms with E-state index >= 15 is 0 Å². The molecule has 0 spiro atoms. The molecule has 0 bridgehead atoms. The minimum absolute atomic E-state index is 0.118. The Bertz CT molecular complexity index is 633. The number of rotatable bonds is 2. The number of nitrogens with zero attached hydrogens (tertiary/aromatic N) is 1. The van der Waals surface area contributed by atoms with Crippen molar-refractivity contribution in [1.29, 1.82) is 0 Å². The van der Waals surface area contributed by atoms with Crippen LogP contribution in [0.3, 0.4) is 0 Å². The predicted octanol–water partition coefficient (Wildman–Crippen LogP) is 1.83. The van der Waals surface area contributed by atoms with Crippen molar-refractivity contribution < 1.29 is 9.90 Å². The number of likely N-dealkylation sites (tertiary alicyclic amines) is 1. The highest BCUT2D eigenvalue weighted by atomic mass is 16.3. The fourth-order valence-electron chi connectivity index (χ4n) is 2.68. The van der Waals surface area contributed by atoms with Crippen LogP contribution in [0.1, 0.15) is 18.9 Å². The van der Waals surface area contributed by atoms with Crippen LogP contribution < -0.4 is 5.32 Å². The topological polar surface area (TPSA) is 68.4 Å². The molecule has 1 unspecified atom stereocenters. The first kappa shape index (κ1) is 13.0. The molecule has 3 N–H and O–H groups in total. The number of benzene rings is 1. The van der Waals surface area contributed by atoms with Gasteiger partial charge in [0.25, 0.3) is 0 Å². The number of H-pyrrole nitrogens is 1. The highest BCUT2D eigenvalue weighted by molar-refractivity contribution is 5.83. The number of aromatic amines is 1. The molecule has 1 aliphatic heterocycles. The number of β-amino-alcohol motifs (C(OH)–C–C–N with tert-alkyl or cyclic N) is 1. The molecule has 1 fully saturated rings. The van der Waals surface area contributed by atoms with Crippen molar-refractivity contribution in [2.75, 3.05) is 13.1 Å². The number of urea groups is 1. The van der Waals surface area contributed by atoms with Gasteiger partial charge in [-0.1, -0.05) is 18.2 Å². The quantitative estimate of drug-likeness (QED) is 0.781. The van der Waals surface area contributed by atoms with Crippen molar-refractivity contribution in [3.8, 4) is 0 Å². The van der Waals surface area contributed by atoms with Gasteiger partial charge in [0.2, 0.25) is 0 Å². The van der Waals surface area contributed by atoms with Crippen LogP contribution in [0.4, 0.5) is 4.79 Å². The second-order valence-corrected chi connectivity index (χ2v) is 5.69. The van der Waals surface area contributed by atoms with E-state index in [9.17, 15) is 9.90 Å². The standard InChI is InChI=1S/C15H19N3O2/c1-15(20)6-7-18(10-15)14(19)17-9-11-8-16-13-5-3-2-4-12(11)13/h2-5,8,16,20H,6-7,9-10H2,1H3,(H,17,19). The summed E-state index contributed by atoms with van der Waals surface area (Å²) in [5.74, 6) is 0. The molecule has 5 nitrogen and oxygen atoms in total. The molecule has 0 saturated carbocycles. The lowest BCUT2D eigenvalue weighted by molar-refractivity contribution is 0.0719. The summed E-state index contributed by atoms with van der Waals surface area (Å²) in [6.45, 7) is 3.25. The Morgan fingerprint density at radius 3 is 3.05 bits per heavy atom. The molecule has 0 radical (unpaired) electrons. The Morgan fingerprint density at radius 1 is 1.50 bits per heavy atom. The lowest BCUT2D eigenvalue weighted by Gasteiger charge is -2.19. The Balaban J connectivity index is 1.64. The van der Waals surface area contributed by atoms with Gasteiger partial charge in [0.15, 0.2) is 0 Å². The molecule has 2 heterocycles. The Kier molecular flexibility index (Phi) is 3.14. The summed E-state index contributed by atoms with van der Waals surface area (Å²) < 4.78 is 0. The van der Waals surface area contributed by atoms with Crippen LogP contribution in [0.2, 0.25) is 0 Å². The zero-order chi connectivity index (χ0) is 14.2. The van der Waals surface area contributed by atoms with Crippen molar-refractivity contribution >= 4 is 16.9 Å². The molecule has 2 aromatic rings. The smallest absolute Gasteiger partial charge is 0.317 e. The number of hydrogen-bond donors (Lipinski definition) is 3. The maximum Gasteiger partial charge on any atom is 0.317 e. The van der Waals surface area contributed by atoms with Crippen LogP contribution in [0.25, 0.3) is 10.9 Å². The number of carbonyl (C=O) groups excluding carboxylic acids is 1. The first-order valence-electron chi connectivity index (χ1n) is 6.85. The molecule has 5 heteroatoms. The molecule has 1 saturated heterocycles. The van der Waals surface area contributed by atoms with Gasteiger partial charge in [-0.2, -0.15) is 0 Å². The van der Waals surface area contributed by atoms with Gasteiger partial charge in [0.05, 0.1) is 12.1 Å². The van der Waals surface area contributed by atoms with Crippen LogP contribution in [0.15, 0.2) is 30.5 Å². The van der Waals surface area contributed by atoms with E-state index in [0.717, 1.165) is 16.5 Å². The van der Waals surface area contributed by atoms with Gasteiger partial charge < -0.3 is 20.3 Å². The number of para-hydroxylation sites is 1. The fourth-order valence-corrected chi connectivity index (χ4v) is 2.68. The molecule has 1 aromatic carbocycles. The molecule has 2 amide bonds. The van der Waals surface area contributed by atoms with Crippen molar-refractivity contribution in [2.45, 2.75) is 25.5 Å². The molecule has 1 aliphatic rings. The van der Waals surface area contributed by atoms with Crippen molar-refractivity contribution in [1.82, 2.24) is 15.2 Å². The number of nitrogens with one attached hydrogen (secondary N) is 2. The van der Waals surface area contributed by atoms with E-state index in [0.29, 0.717) is 26.1 Å². The minimum atomic E-state index is -0.752. The van der Waals surface area contributed by atoms with Gasteiger partial charge in [-0.15, -0.1) is 0 Å². The third kappa shape index (κ3) is 2.49. The summed E-state index contributed by atoms with van der Waals surface area (Å²) in [6, 6.07) is 7.90. The maximum absolute atomic E-state index is 12.1. The lowest BCUT2D eigenvalue weighted by atomic mass is 10.1. The van der Waals surface area contributed by atoms with E-state index in [4.69, 9.17) is 0 Å². The molecule has 0 aliphatic carbocycles. The van der Waals surface area contributed by atoms with E-state index in [2.05, 4.69) is 10.3 Å². The number of amides is 2. The van der Waals surface area contributed by atoms with Crippen LogP contribution in [0, 0.1) is 0 Å². The Labute approximate surface area is 117 Å². The van der Waals surface area contributed by atoms with Gasteiger partial charge in [0, 0.05) is 30.2 Å². The zero-order valence-electron chi connectivity index (χ0n) is 11.5. The molecule has 20 heavy (non-hydrogen) atoms. The van der Waals surface area contributed by atoms with Crippen molar-refractivity contribution in [3.05, 3.63) is 36.0 Å². The second-order valence-electron chi connectivity index (χ2n) is 5.69. The van der Waals surface area contributed by atoms with Crippen LogP contribution in [-0.4, -0.2) is 39.7 Å². The third-order valence-corrected chi connectivity index (χ3v) is 3.84. The summed E-state index contributed by atoms with van der Waals surface area (Å²) >= 11 is 0. The fraction of sp³-hybridized carbons (Fsp3) is 0.400. The summed E-state index contributed by atoms with van der Waals surface area (Å²) in [7, 11) is 0. The van der Waals surface area contributed by atoms with Crippen molar-refractivity contribution in [3.63, 3.8) is 0 Å². The maximum atomic E-state index is 12.1. The molecular formula is C15H19N3O2. The number of carbonyl (C=O) groups is 1. The first-order chi connectivity index (χ1) is 9.55. The second kappa shape index (κ2) is 4.83. The summed E-state index contributed by atoms with van der Waals surface area (Å²) in [5, 5.41) is 13.9. The predicted molar refractivity (Wildman–Crippen MR) is 77.3 cm³/mol. The van der Waals surface area contributed by atoms with Crippen LogP contribution in [-0.2, 0) is 6.54 Å². The zero-order valence-corrected chi connectivity index (χ0v) is 11.5. The lowest BCUT2D eigenvalue weighted by Crippen LogP contribution is -2.40. The molecule has 1 atom stereocenters. The van der Waals surface area contributed by atoms with Crippen LogP contribution >= 0.6 is 0 Å². The normalized spacial score (nSPS) is 22.4. The number of hydrogen-bond acceptors (Lipinski definition) is 2. The van der Waals surface area contributed by atoms with E-state index in [-0.39, 0.29) is 6.03 Å². The van der Waals surface area contributed by atoms with Gasteiger partial charge in [-0.3, -0.25) is 0 Å². The average molecular weight is 273 g/mol. The number of aromatic nitrogens is 1. The molecule has 3 rings (SSSR count). The van der Waals surface area contributed by atoms with Gasteiger partial charge in [-0.05, 0) is 25.0 Å². The summed E-state index contributed by atoms with van der Waals surface area (Å²) in [4.78, 5) is 16.9.